The summed E-state index contributed by atoms with van der Waals surface area (Å²) in [5.41, 5.74) is 3.48. The van der Waals surface area contributed by atoms with E-state index in [-0.39, 0.29) is 0 Å². The van der Waals surface area contributed by atoms with Gasteiger partial charge < -0.3 is 5.32 Å². The SMILES string of the molecule is CCCc1cc(NCC)c2cc(I)ccc2n1. The highest BCUT2D eigenvalue weighted by atomic mass is 127. The molecular weight excluding hydrogens is 323 g/mol. The maximum atomic E-state index is 4.71. The Kier molecular flexibility index (Phi) is 4.20. The lowest BCUT2D eigenvalue weighted by atomic mass is 10.1. The number of aryl methyl sites for hydroxylation is 1. The fraction of sp³-hybridized carbons (Fsp3) is 0.357. The number of hydrogen-bond donors (Lipinski definition) is 1. The van der Waals surface area contributed by atoms with Crippen LogP contribution in [0.1, 0.15) is 26.0 Å². The molecule has 0 saturated heterocycles. The van der Waals surface area contributed by atoms with Crippen LogP contribution in [0.5, 0.6) is 0 Å². The van der Waals surface area contributed by atoms with Gasteiger partial charge in [0.2, 0.25) is 0 Å². The smallest absolute Gasteiger partial charge is 0.0726 e. The normalized spacial score (nSPS) is 10.8. The van der Waals surface area contributed by atoms with E-state index in [1.165, 1.54) is 20.3 Å². The van der Waals surface area contributed by atoms with Crippen LogP contribution < -0.4 is 5.32 Å². The molecule has 90 valence electrons. The molecule has 17 heavy (non-hydrogen) atoms. The van der Waals surface area contributed by atoms with Crippen LogP contribution in [0.3, 0.4) is 0 Å². The van der Waals surface area contributed by atoms with Crippen molar-refractivity contribution in [3.05, 3.63) is 33.5 Å². The number of pyridine rings is 1. The molecule has 0 saturated carbocycles. The molecule has 0 spiro atoms. The van der Waals surface area contributed by atoms with Crippen molar-refractivity contribution in [3.8, 4) is 0 Å². The second-order valence-corrected chi connectivity index (χ2v) is 5.35. The minimum atomic E-state index is 0.941. The Balaban J connectivity index is 2.58. The summed E-state index contributed by atoms with van der Waals surface area (Å²) in [6.45, 7) is 5.25. The van der Waals surface area contributed by atoms with E-state index >= 15 is 0 Å². The minimum Gasteiger partial charge on any atom is -0.385 e. The molecule has 0 bridgehead atoms. The first-order valence-corrected chi connectivity index (χ1v) is 7.15. The van der Waals surface area contributed by atoms with Gasteiger partial charge in [-0.3, -0.25) is 4.98 Å². The predicted octanol–water partition coefficient (Wildman–Crippen LogP) is 4.22. The van der Waals surface area contributed by atoms with Gasteiger partial charge in [0, 0.05) is 26.9 Å². The summed E-state index contributed by atoms with van der Waals surface area (Å²) in [5, 5.41) is 4.65. The molecule has 1 aromatic heterocycles. The number of benzene rings is 1. The van der Waals surface area contributed by atoms with E-state index in [0.29, 0.717) is 0 Å². The van der Waals surface area contributed by atoms with E-state index in [1.54, 1.807) is 0 Å². The van der Waals surface area contributed by atoms with E-state index in [1.807, 2.05) is 0 Å². The van der Waals surface area contributed by atoms with Crippen molar-refractivity contribution in [2.45, 2.75) is 26.7 Å². The van der Waals surface area contributed by atoms with Crippen LogP contribution in [0.4, 0.5) is 5.69 Å². The molecule has 0 unspecified atom stereocenters. The van der Waals surface area contributed by atoms with Gasteiger partial charge in [0.25, 0.3) is 0 Å². The lowest BCUT2D eigenvalue weighted by Crippen LogP contribution is -2.00. The van der Waals surface area contributed by atoms with Gasteiger partial charge in [-0.05, 0) is 60.2 Å². The number of nitrogens with one attached hydrogen (secondary N) is 1. The molecule has 0 aliphatic heterocycles. The van der Waals surface area contributed by atoms with Crippen molar-refractivity contribution in [1.29, 1.82) is 0 Å². The Morgan fingerprint density at radius 3 is 2.76 bits per heavy atom. The number of nitrogens with zero attached hydrogens (tertiary/aromatic N) is 1. The second kappa shape index (κ2) is 5.67. The molecule has 1 aromatic carbocycles. The van der Waals surface area contributed by atoms with Crippen LogP contribution in [0.15, 0.2) is 24.3 Å². The number of aromatic nitrogens is 1. The molecular formula is C14H17IN2. The number of anilines is 1. The molecule has 1 N–H and O–H groups in total. The van der Waals surface area contributed by atoms with Crippen molar-refractivity contribution in [2.24, 2.45) is 0 Å². The van der Waals surface area contributed by atoms with Gasteiger partial charge in [-0.25, -0.2) is 0 Å². The number of halogens is 1. The molecule has 0 radical (unpaired) electrons. The lowest BCUT2D eigenvalue weighted by Gasteiger charge is -2.10. The summed E-state index contributed by atoms with van der Waals surface area (Å²) >= 11 is 2.34. The Hall–Kier alpha value is -0.840. The average molecular weight is 340 g/mol. The number of fused-ring (bicyclic) bond motifs is 1. The molecule has 2 aromatic rings. The van der Waals surface area contributed by atoms with E-state index < -0.39 is 0 Å². The van der Waals surface area contributed by atoms with E-state index in [0.717, 1.165) is 24.9 Å². The number of rotatable bonds is 4. The van der Waals surface area contributed by atoms with Gasteiger partial charge >= 0.3 is 0 Å². The molecule has 0 atom stereocenters. The highest BCUT2D eigenvalue weighted by Crippen LogP contribution is 2.25. The third kappa shape index (κ3) is 2.89. The van der Waals surface area contributed by atoms with Crippen molar-refractivity contribution < 1.29 is 0 Å². The highest BCUT2D eigenvalue weighted by Gasteiger charge is 2.05. The first-order chi connectivity index (χ1) is 8.24. The molecule has 0 fully saturated rings. The van der Waals surface area contributed by atoms with Crippen LogP contribution in [-0.2, 0) is 6.42 Å². The van der Waals surface area contributed by atoms with Gasteiger partial charge in [-0.2, -0.15) is 0 Å². The molecule has 3 heteroatoms. The molecule has 2 rings (SSSR count). The third-order valence-electron chi connectivity index (χ3n) is 2.70. The van der Waals surface area contributed by atoms with Gasteiger partial charge in [0.05, 0.1) is 5.52 Å². The van der Waals surface area contributed by atoms with Gasteiger partial charge in [0.15, 0.2) is 0 Å². The molecule has 0 aliphatic carbocycles. The van der Waals surface area contributed by atoms with Crippen LogP contribution >= 0.6 is 22.6 Å². The monoisotopic (exact) mass is 340 g/mol. The van der Waals surface area contributed by atoms with Gasteiger partial charge in [0.1, 0.15) is 0 Å². The van der Waals surface area contributed by atoms with Gasteiger partial charge in [-0.15, -0.1) is 0 Å². The molecule has 0 amide bonds. The van der Waals surface area contributed by atoms with Crippen molar-refractivity contribution in [1.82, 2.24) is 4.98 Å². The summed E-state index contributed by atoms with van der Waals surface area (Å²) in [4.78, 5) is 4.71. The van der Waals surface area contributed by atoms with Crippen molar-refractivity contribution in [3.63, 3.8) is 0 Å². The Morgan fingerprint density at radius 1 is 1.24 bits per heavy atom. The topological polar surface area (TPSA) is 24.9 Å². The zero-order valence-electron chi connectivity index (χ0n) is 10.3. The van der Waals surface area contributed by atoms with Crippen LogP contribution in [0.25, 0.3) is 10.9 Å². The fourth-order valence-corrected chi connectivity index (χ4v) is 2.46. The lowest BCUT2D eigenvalue weighted by molar-refractivity contribution is 0.890. The third-order valence-corrected chi connectivity index (χ3v) is 3.37. The van der Waals surface area contributed by atoms with Crippen LogP contribution in [0, 0.1) is 3.57 Å². The Labute approximate surface area is 116 Å². The fourth-order valence-electron chi connectivity index (χ4n) is 1.97. The zero-order valence-corrected chi connectivity index (χ0v) is 12.4. The van der Waals surface area contributed by atoms with Crippen molar-refractivity contribution in [2.75, 3.05) is 11.9 Å². The molecule has 2 nitrogen and oxygen atoms in total. The maximum absolute atomic E-state index is 4.71. The van der Waals surface area contributed by atoms with Crippen LogP contribution in [-0.4, -0.2) is 11.5 Å². The highest BCUT2D eigenvalue weighted by molar-refractivity contribution is 14.1. The Bertz CT molecular complexity index is 523. The largest absolute Gasteiger partial charge is 0.385 e. The summed E-state index contributed by atoms with van der Waals surface area (Å²) in [6, 6.07) is 8.60. The van der Waals surface area contributed by atoms with E-state index in [2.05, 4.69) is 66.0 Å². The van der Waals surface area contributed by atoms with Crippen LogP contribution in [0.2, 0.25) is 0 Å². The molecule has 0 aliphatic rings. The van der Waals surface area contributed by atoms with E-state index in [4.69, 9.17) is 4.98 Å². The summed E-state index contributed by atoms with van der Waals surface area (Å²) < 4.78 is 1.25. The zero-order chi connectivity index (χ0) is 12.3. The summed E-state index contributed by atoms with van der Waals surface area (Å²) in [7, 11) is 0. The average Bonchev–Trinajstić information content (AvgIpc) is 2.31. The first kappa shape index (κ1) is 12.6. The van der Waals surface area contributed by atoms with E-state index in [9.17, 15) is 0 Å². The summed E-state index contributed by atoms with van der Waals surface area (Å²) in [6.07, 6.45) is 2.18. The minimum absolute atomic E-state index is 0.941. The van der Waals surface area contributed by atoms with Gasteiger partial charge in [-0.1, -0.05) is 13.3 Å². The Morgan fingerprint density at radius 2 is 2.06 bits per heavy atom. The maximum Gasteiger partial charge on any atom is 0.0726 e. The first-order valence-electron chi connectivity index (χ1n) is 6.07. The van der Waals surface area contributed by atoms with Crippen molar-refractivity contribution >= 4 is 39.2 Å². The molecule has 1 heterocycles. The second-order valence-electron chi connectivity index (χ2n) is 4.10. The summed E-state index contributed by atoms with van der Waals surface area (Å²) in [5.74, 6) is 0. The quantitative estimate of drug-likeness (QED) is 0.843. The number of hydrogen-bond acceptors (Lipinski definition) is 2. The predicted molar refractivity (Wildman–Crippen MR) is 82.6 cm³/mol. The standard InChI is InChI=1S/C14H17IN2/c1-3-5-11-9-14(16-4-2)12-8-10(15)6-7-13(12)17-11/h6-9H,3-5H2,1-2H3,(H,16,17).